The lowest BCUT2D eigenvalue weighted by Crippen LogP contribution is -2.19. The number of hydrogen-bond donors (Lipinski definition) is 1. The van der Waals surface area contributed by atoms with Crippen molar-refractivity contribution in [2.45, 2.75) is 6.42 Å². The lowest BCUT2D eigenvalue weighted by molar-refractivity contribution is -0.116. The molecule has 53 valence electrons. The van der Waals surface area contributed by atoms with Crippen LogP contribution in [0.2, 0.25) is 0 Å². The maximum atomic E-state index is 10.9. The van der Waals surface area contributed by atoms with Crippen molar-refractivity contribution in [3.8, 4) is 0 Å². The van der Waals surface area contributed by atoms with Crippen molar-refractivity contribution in [3.05, 3.63) is 30.2 Å². The number of allylic oxidation sites excluding steroid dienone is 2. The molecule has 2 heteroatoms. The van der Waals surface area contributed by atoms with E-state index in [9.17, 15) is 4.79 Å². The fraction of sp³-hybridized carbons (Fsp3) is 0.250. The summed E-state index contributed by atoms with van der Waals surface area (Å²) in [5.41, 5.74) is 0.755. The van der Waals surface area contributed by atoms with Gasteiger partial charge in [0.25, 0.3) is 5.91 Å². The highest BCUT2D eigenvalue weighted by molar-refractivity contribution is 5.96. The molecule has 1 N–H and O–H groups in total. The van der Waals surface area contributed by atoms with Gasteiger partial charge in [-0.05, 0) is 12.8 Å². The van der Waals surface area contributed by atoms with Crippen LogP contribution in [0, 0.1) is 6.42 Å². The first-order valence-corrected chi connectivity index (χ1v) is 3.26. The zero-order valence-electron chi connectivity index (χ0n) is 5.92. The molecule has 0 fully saturated rings. The number of hydrogen-bond acceptors (Lipinski definition) is 1. The van der Waals surface area contributed by atoms with Gasteiger partial charge in [0.1, 0.15) is 0 Å². The molecule has 0 saturated carbocycles. The molecule has 0 unspecified atom stereocenters. The molecule has 0 saturated heterocycles. The molecule has 0 aromatic carbocycles. The molecule has 0 heterocycles. The molecule has 1 radical (unpaired) electrons. The van der Waals surface area contributed by atoms with Crippen LogP contribution < -0.4 is 5.32 Å². The molecule has 1 amide bonds. The van der Waals surface area contributed by atoms with Crippen molar-refractivity contribution in [1.82, 2.24) is 5.32 Å². The molecule has 1 rings (SSSR count). The van der Waals surface area contributed by atoms with E-state index in [1.54, 1.807) is 7.05 Å². The van der Waals surface area contributed by atoms with E-state index in [2.05, 4.69) is 5.32 Å². The Balaban J connectivity index is 2.63. The van der Waals surface area contributed by atoms with Crippen molar-refractivity contribution in [2.24, 2.45) is 0 Å². The third kappa shape index (κ3) is 1.47. The number of likely N-dealkylation sites (N-methyl/N-ethyl adjacent to an activating group) is 1. The second-order valence-corrected chi connectivity index (χ2v) is 2.07. The van der Waals surface area contributed by atoms with Gasteiger partial charge in [-0.1, -0.05) is 18.2 Å². The van der Waals surface area contributed by atoms with Gasteiger partial charge in [0.2, 0.25) is 0 Å². The molecule has 10 heavy (non-hydrogen) atoms. The highest BCUT2D eigenvalue weighted by atomic mass is 16.1. The van der Waals surface area contributed by atoms with Gasteiger partial charge in [-0.2, -0.15) is 0 Å². The summed E-state index contributed by atoms with van der Waals surface area (Å²) in [5, 5.41) is 2.56. The molecule has 0 atom stereocenters. The van der Waals surface area contributed by atoms with Gasteiger partial charge >= 0.3 is 0 Å². The van der Waals surface area contributed by atoms with Gasteiger partial charge in [-0.3, -0.25) is 4.79 Å². The predicted molar refractivity (Wildman–Crippen MR) is 40.2 cm³/mol. The highest BCUT2D eigenvalue weighted by Gasteiger charge is 2.04. The standard InChI is InChI=1S/C8H10NO/c1-9-8(10)7-5-3-2-4-6-7/h2-3,5-6H,4H2,1H3,(H,9,10). The fourth-order valence-corrected chi connectivity index (χ4v) is 0.826. The maximum Gasteiger partial charge on any atom is 0.250 e. The Bertz CT molecular complexity index is 191. The largest absolute Gasteiger partial charge is 0.355 e. The molecular formula is C8H10NO. The minimum atomic E-state index is -0.00986. The third-order valence-electron chi connectivity index (χ3n) is 1.37. The summed E-state index contributed by atoms with van der Waals surface area (Å²) in [6.07, 6.45) is 8.47. The van der Waals surface area contributed by atoms with Crippen molar-refractivity contribution in [3.63, 3.8) is 0 Å². The van der Waals surface area contributed by atoms with Gasteiger partial charge in [0.15, 0.2) is 0 Å². The first-order chi connectivity index (χ1) is 4.84. The zero-order valence-corrected chi connectivity index (χ0v) is 5.92. The molecule has 0 aliphatic heterocycles. The zero-order chi connectivity index (χ0) is 7.40. The number of amides is 1. The minimum Gasteiger partial charge on any atom is -0.355 e. The Hall–Kier alpha value is -1.05. The number of rotatable bonds is 1. The summed E-state index contributed by atoms with van der Waals surface area (Å²) in [4.78, 5) is 10.9. The Morgan fingerprint density at radius 1 is 1.70 bits per heavy atom. The Labute approximate surface area is 60.6 Å². The summed E-state index contributed by atoms with van der Waals surface area (Å²) in [6, 6.07) is 0. The first-order valence-electron chi connectivity index (χ1n) is 3.26. The monoisotopic (exact) mass is 136 g/mol. The molecular weight excluding hydrogens is 126 g/mol. The minimum absolute atomic E-state index is 0.00986. The molecule has 0 bridgehead atoms. The van der Waals surface area contributed by atoms with Crippen molar-refractivity contribution in [2.75, 3.05) is 7.05 Å². The summed E-state index contributed by atoms with van der Waals surface area (Å²) in [7, 11) is 1.63. The van der Waals surface area contributed by atoms with Gasteiger partial charge in [-0.15, -0.1) is 0 Å². The van der Waals surface area contributed by atoms with Gasteiger partial charge in [0.05, 0.1) is 0 Å². The van der Waals surface area contributed by atoms with E-state index in [0.29, 0.717) is 0 Å². The first kappa shape index (κ1) is 7.06. The van der Waals surface area contributed by atoms with Crippen molar-refractivity contribution < 1.29 is 4.79 Å². The molecule has 1 aliphatic rings. The maximum absolute atomic E-state index is 10.9. The summed E-state index contributed by atoms with van der Waals surface area (Å²) < 4.78 is 0. The fourth-order valence-electron chi connectivity index (χ4n) is 0.826. The predicted octanol–water partition coefficient (Wildman–Crippen LogP) is 0.823. The third-order valence-corrected chi connectivity index (χ3v) is 1.37. The molecule has 0 spiro atoms. The van der Waals surface area contributed by atoms with Crippen LogP contribution in [0.25, 0.3) is 0 Å². The summed E-state index contributed by atoms with van der Waals surface area (Å²) in [6.45, 7) is 0. The van der Waals surface area contributed by atoms with E-state index >= 15 is 0 Å². The second-order valence-electron chi connectivity index (χ2n) is 2.07. The summed E-state index contributed by atoms with van der Waals surface area (Å²) in [5.74, 6) is -0.00986. The van der Waals surface area contributed by atoms with Crippen LogP contribution in [0.15, 0.2) is 23.8 Å². The number of carbonyl (C=O) groups excluding carboxylic acids is 1. The highest BCUT2D eigenvalue weighted by Crippen LogP contribution is 2.07. The lowest BCUT2D eigenvalue weighted by atomic mass is 10.1. The number of carbonyl (C=O) groups is 1. The second kappa shape index (κ2) is 3.20. The van der Waals surface area contributed by atoms with E-state index in [-0.39, 0.29) is 5.91 Å². The van der Waals surface area contributed by atoms with Crippen LogP contribution in [-0.2, 0) is 4.79 Å². The van der Waals surface area contributed by atoms with Crippen molar-refractivity contribution in [1.29, 1.82) is 0 Å². The van der Waals surface area contributed by atoms with Crippen LogP contribution >= 0.6 is 0 Å². The van der Waals surface area contributed by atoms with E-state index in [1.807, 2.05) is 24.6 Å². The van der Waals surface area contributed by atoms with Gasteiger partial charge in [-0.25, -0.2) is 0 Å². The quantitative estimate of drug-likeness (QED) is 0.568. The summed E-state index contributed by atoms with van der Waals surface area (Å²) >= 11 is 0. The van der Waals surface area contributed by atoms with Crippen molar-refractivity contribution >= 4 is 5.91 Å². The molecule has 0 aromatic rings. The van der Waals surface area contributed by atoms with Crippen LogP contribution in [0.3, 0.4) is 0 Å². The Kier molecular flexibility index (Phi) is 2.26. The van der Waals surface area contributed by atoms with Crippen LogP contribution in [0.5, 0.6) is 0 Å². The van der Waals surface area contributed by atoms with Crippen LogP contribution in [0.1, 0.15) is 6.42 Å². The number of nitrogens with one attached hydrogen (secondary N) is 1. The van der Waals surface area contributed by atoms with E-state index in [0.717, 1.165) is 12.0 Å². The van der Waals surface area contributed by atoms with Gasteiger partial charge in [0, 0.05) is 12.6 Å². The average molecular weight is 136 g/mol. The Morgan fingerprint density at radius 3 is 3.00 bits per heavy atom. The smallest absolute Gasteiger partial charge is 0.250 e. The molecule has 2 nitrogen and oxygen atoms in total. The molecule has 1 aliphatic carbocycles. The van der Waals surface area contributed by atoms with E-state index in [1.165, 1.54) is 0 Å². The topological polar surface area (TPSA) is 29.1 Å². The van der Waals surface area contributed by atoms with E-state index < -0.39 is 0 Å². The van der Waals surface area contributed by atoms with E-state index in [4.69, 9.17) is 0 Å². The van der Waals surface area contributed by atoms with Gasteiger partial charge < -0.3 is 5.32 Å². The Morgan fingerprint density at radius 2 is 2.50 bits per heavy atom. The molecule has 0 aromatic heterocycles. The lowest BCUT2D eigenvalue weighted by Gasteiger charge is -2.03. The SMILES string of the molecule is CNC(=O)C1=CC[CH]C=C1. The van der Waals surface area contributed by atoms with Crippen LogP contribution in [-0.4, -0.2) is 13.0 Å². The normalized spacial score (nSPS) is 16.3. The average Bonchev–Trinajstić information content (AvgIpc) is 2.05. The van der Waals surface area contributed by atoms with Crippen LogP contribution in [0.4, 0.5) is 0 Å².